The van der Waals surface area contributed by atoms with E-state index in [0.29, 0.717) is 36.0 Å². The molecule has 6 heteroatoms. The summed E-state index contributed by atoms with van der Waals surface area (Å²) in [6.07, 6.45) is 0.891. The minimum absolute atomic E-state index is 0.225. The van der Waals surface area contributed by atoms with Gasteiger partial charge in [-0.1, -0.05) is 61.5 Å². The van der Waals surface area contributed by atoms with Crippen molar-refractivity contribution in [3.63, 3.8) is 0 Å². The molecule has 0 spiro atoms. The molecule has 1 heterocycles. The third-order valence-electron chi connectivity index (χ3n) is 5.65. The molecule has 33 heavy (non-hydrogen) atoms. The van der Waals surface area contributed by atoms with Crippen LogP contribution in [-0.4, -0.2) is 17.6 Å². The molecular formula is C27H29N3O3. The average Bonchev–Trinajstić information content (AvgIpc) is 3.13. The van der Waals surface area contributed by atoms with Gasteiger partial charge in [-0.15, -0.1) is 0 Å². The van der Waals surface area contributed by atoms with Gasteiger partial charge in [-0.25, -0.2) is 0 Å². The normalized spacial score (nSPS) is 10.8. The second kappa shape index (κ2) is 10.1. The van der Waals surface area contributed by atoms with Crippen LogP contribution in [-0.2, 0) is 19.7 Å². The van der Waals surface area contributed by atoms with Crippen molar-refractivity contribution >= 4 is 22.5 Å². The third-order valence-corrected chi connectivity index (χ3v) is 5.65. The first kappa shape index (κ1) is 22.3. The number of nitrogens with zero attached hydrogens (tertiary/aromatic N) is 1. The van der Waals surface area contributed by atoms with Crippen molar-refractivity contribution < 1.29 is 14.3 Å². The van der Waals surface area contributed by atoms with Gasteiger partial charge in [0.15, 0.2) is 0 Å². The minimum atomic E-state index is -0.225. The molecule has 170 valence electrons. The standard InChI is InChI=1S/C27H29N3O3/c1-3-16-30-22-13-8-7-12-20(22)25(28)26(30)27(31)29-17-21-23(32-2)14-9-15-24(21)33-18-19-10-5-4-6-11-19/h4-15H,3,16-18,28H2,1-2H3,(H,29,31). The Morgan fingerprint density at radius 3 is 2.45 bits per heavy atom. The largest absolute Gasteiger partial charge is 0.496 e. The zero-order chi connectivity index (χ0) is 23.2. The van der Waals surface area contributed by atoms with Crippen LogP contribution in [0.1, 0.15) is 35.0 Å². The minimum Gasteiger partial charge on any atom is -0.496 e. The summed E-state index contributed by atoms with van der Waals surface area (Å²) in [6.45, 7) is 3.46. The average molecular weight is 444 g/mol. The van der Waals surface area contributed by atoms with Gasteiger partial charge in [-0.3, -0.25) is 4.79 Å². The highest BCUT2D eigenvalue weighted by Gasteiger charge is 2.21. The van der Waals surface area contributed by atoms with Crippen molar-refractivity contribution in [1.82, 2.24) is 9.88 Å². The van der Waals surface area contributed by atoms with E-state index in [1.807, 2.05) is 77.4 Å². The molecule has 6 nitrogen and oxygen atoms in total. The Morgan fingerprint density at radius 1 is 0.970 bits per heavy atom. The molecule has 0 saturated heterocycles. The highest BCUT2D eigenvalue weighted by atomic mass is 16.5. The highest BCUT2D eigenvalue weighted by molar-refractivity contribution is 6.08. The number of anilines is 1. The number of benzene rings is 3. The second-order valence-corrected chi connectivity index (χ2v) is 7.82. The van der Waals surface area contributed by atoms with Crippen molar-refractivity contribution in [1.29, 1.82) is 0 Å². The van der Waals surface area contributed by atoms with E-state index in [1.165, 1.54) is 0 Å². The molecule has 0 radical (unpaired) electrons. The lowest BCUT2D eigenvalue weighted by molar-refractivity contribution is 0.0942. The lowest BCUT2D eigenvalue weighted by Crippen LogP contribution is -2.27. The fourth-order valence-electron chi connectivity index (χ4n) is 4.06. The number of hydrogen-bond acceptors (Lipinski definition) is 4. The molecule has 4 rings (SSSR count). The first-order valence-corrected chi connectivity index (χ1v) is 11.1. The van der Waals surface area contributed by atoms with Crippen molar-refractivity contribution in [3.05, 3.63) is 89.6 Å². The maximum atomic E-state index is 13.3. The summed E-state index contributed by atoms with van der Waals surface area (Å²) in [5.41, 5.74) is 10.2. The van der Waals surface area contributed by atoms with Gasteiger partial charge in [0, 0.05) is 11.9 Å². The molecule has 1 aromatic heterocycles. The number of nitrogen functional groups attached to an aromatic ring is 1. The van der Waals surface area contributed by atoms with Crippen LogP contribution in [0.15, 0.2) is 72.8 Å². The van der Waals surface area contributed by atoms with E-state index >= 15 is 0 Å². The summed E-state index contributed by atoms with van der Waals surface area (Å²) < 4.78 is 13.6. The molecule has 1 amide bonds. The van der Waals surface area contributed by atoms with Crippen LogP contribution in [0.2, 0.25) is 0 Å². The highest BCUT2D eigenvalue weighted by Crippen LogP contribution is 2.31. The molecule has 0 unspecified atom stereocenters. The van der Waals surface area contributed by atoms with Gasteiger partial charge in [-0.05, 0) is 30.2 Å². The lowest BCUT2D eigenvalue weighted by atomic mass is 10.1. The smallest absolute Gasteiger partial charge is 0.270 e. The van der Waals surface area contributed by atoms with Gasteiger partial charge in [0.05, 0.1) is 30.4 Å². The Kier molecular flexibility index (Phi) is 6.83. The number of fused-ring (bicyclic) bond motifs is 1. The second-order valence-electron chi connectivity index (χ2n) is 7.82. The fraction of sp³-hybridized carbons (Fsp3) is 0.222. The molecule has 0 fully saturated rings. The fourth-order valence-corrected chi connectivity index (χ4v) is 4.06. The molecule has 3 N–H and O–H groups in total. The first-order chi connectivity index (χ1) is 16.1. The van der Waals surface area contributed by atoms with Crippen molar-refractivity contribution in [2.45, 2.75) is 33.0 Å². The number of rotatable bonds is 9. The van der Waals surface area contributed by atoms with Crippen molar-refractivity contribution in [2.75, 3.05) is 12.8 Å². The monoisotopic (exact) mass is 443 g/mol. The SMILES string of the molecule is CCCn1c(C(=O)NCc2c(OC)cccc2OCc2ccccc2)c(N)c2ccccc21. The van der Waals surface area contributed by atoms with Gasteiger partial charge < -0.3 is 25.1 Å². The Bertz CT molecular complexity index is 1250. The van der Waals surface area contributed by atoms with E-state index in [9.17, 15) is 4.79 Å². The number of methoxy groups -OCH3 is 1. The number of carbonyl (C=O) groups excluding carboxylic acids is 1. The zero-order valence-corrected chi connectivity index (χ0v) is 19.0. The number of aromatic nitrogens is 1. The number of hydrogen-bond donors (Lipinski definition) is 2. The van der Waals surface area contributed by atoms with E-state index in [0.717, 1.165) is 28.5 Å². The summed E-state index contributed by atoms with van der Waals surface area (Å²) in [5, 5.41) is 3.92. The topological polar surface area (TPSA) is 78.5 Å². The van der Waals surface area contributed by atoms with Crippen LogP contribution in [0, 0.1) is 0 Å². The van der Waals surface area contributed by atoms with Gasteiger partial charge in [0.1, 0.15) is 23.8 Å². The van der Waals surface area contributed by atoms with E-state index in [2.05, 4.69) is 12.2 Å². The van der Waals surface area contributed by atoms with Gasteiger partial charge >= 0.3 is 0 Å². The Labute approximate surface area is 193 Å². The summed E-state index contributed by atoms with van der Waals surface area (Å²) in [6, 6.07) is 23.4. The molecule has 0 bridgehead atoms. The van der Waals surface area contributed by atoms with E-state index in [4.69, 9.17) is 15.2 Å². The van der Waals surface area contributed by atoms with E-state index < -0.39 is 0 Å². The Hall–Kier alpha value is -3.93. The maximum Gasteiger partial charge on any atom is 0.270 e. The lowest BCUT2D eigenvalue weighted by Gasteiger charge is -2.16. The number of nitrogens with two attached hydrogens (primary N) is 1. The van der Waals surface area contributed by atoms with Gasteiger partial charge in [-0.2, -0.15) is 0 Å². The molecule has 0 atom stereocenters. The number of aryl methyl sites for hydroxylation is 1. The van der Waals surface area contributed by atoms with E-state index in [1.54, 1.807) is 7.11 Å². The molecule has 0 aliphatic carbocycles. The Balaban J connectivity index is 1.59. The Morgan fingerprint density at radius 2 is 1.70 bits per heavy atom. The van der Waals surface area contributed by atoms with Crippen LogP contribution in [0.5, 0.6) is 11.5 Å². The zero-order valence-electron chi connectivity index (χ0n) is 19.0. The first-order valence-electron chi connectivity index (χ1n) is 11.1. The maximum absolute atomic E-state index is 13.3. The van der Waals surface area contributed by atoms with Crippen LogP contribution in [0.25, 0.3) is 10.9 Å². The molecule has 0 aliphatic heterocycles. The van der Waals surface area contributed by atoms with Crippen molar-refractivity contribution in [3.8, 4) is 11.5 Å². The number of carbonyl (C=O) groups is 1. The van der Waals surface area contributed by atoms with Crippen LogP contribution in [0.3, 0.4) is 0 Å². The molecular weight excluding hydrogens is 414 g/mol. The number of nitrogens with one attached hydrogen (secondary N) is 1. The van der Waals surface area contributed by atoms with Crippen molar-refractivity contribution in [2.24, 2.45) is 0 Å². The van der Waals surface area contributed by atoms with Gasteiger partial charge in [0.25, 0.3) is 5.91 Å². The van der Waals surface area contributed by atoms with Crippen LogP contribution in [0.4, 0.5) is 5.69 Å². The molecule has 4 aromatic rings. The predicted octanol–water partition coefficient (Wildman–Crippen LogP) is 5.15. The van der Waals surface area contributed by atoms with Crippen LogP contribution < -0.4 is 20.5 Å². The summed E-state index contributed by atoms with van der Waals surface area (Å²) in [4.78, 5) is 13.3. The predicted molar refractivity (Wildman–Crippen MR) is 132 cm³/mol. The number of amides is 1. The van der Waals surface area contributed by atoms with E-state index in [-0.39, 0.29) is 12.5 Å². The molecule has 3 aromatic carbocycles. The van der Waals surface area contributed by atoms with Gasteiger partial charge in [0.2, 0.25) is 0 Å². The third kappa shape index (κ3) is 4.65. The quantitative estimate of drug-likeness (QED) is 0.375. The molecule has 0 aliphatic rings. The molecule has 0 saturated carbocycles. The summed E-state index contributed by atoms with van der Waals surface area (Å²) in [7, 11) is 1.61. The van der Waals surface area contributed by atoms with Crippen LogP contribution >= 0.6 is 0 Å². The summed E-state index contributed by atoms with van der Waals surface area (Å²) >= 11 is 0. The summed E-state index contributed by atoms with van der Waals surface area (Å²) in [5.74, 6) is 1.10. The number of ether oxygens (including phenoxy) is 2. The number of para-hydroxylation sites is 1.